The molecule has 1 aliphatic rings. The minimum absolute atomic E-state index is 0.380. The molecular formula is C16H29N3OS. The maximum absolute atomic E-state index is 5.90. The molecule has 0 radical (unpaired) electrons. The van der Waals surface area contributed by atoms with Gasteiger partial charge in [-0.25, -0.2) is 4.98 Å². The molecule has 1 aliphatic heterocycles. The van der Waals surface area contributed by atoms with Crippen molar-refractivity contribution in [3.8, 4) is 0 Å². The summed E-state index contributed by atoms with van der Waals surface area (Å²) in [6.45, 7) is 11.5. The van der Waals surface area contributed by atoms with E-state index in [4.69, 9.17) is 9.72 Å². The van der Waals surface area contributed by atoms with Crippen LogP contribution in [0.15, 0.2) is 5.38 Å². The zero-order chi connectivity index (χ0) is 15.1. The first-order chi connectivity index (χ1) is 10.2. The molecule has 1 aromatic heterocycles. The molecule has 0 spiro atoms. The minimum atomic E-state index is 0.380. The highest BCUT2D eigenvalue weighted by Gasteiger charge is 2.22. The number of ether oxygens (including phenoxy) is 1. The maximum Gasteiger partial charge on any atom is 0.185 e. The lowest BCUT2D eigenvalue weighted by atomic mass is 10.1. The number of piperidine rings is 1. The van der Waals surface area contributed by atoms with Crippen molar-refractivity contribution in [2.45, 2.75) is 52.7 Å². The highest BCUT2D eigenvalue weighted by Crippen LogP contribution is 2.25. The molecule has 1 saturated heterocycles. The number of rotatable bonds is 8. The summed E-state index contributed by atoms with van der Waals surface area (Å²) in [6.07, 6.45) is 3.86. The van der Waals surface area contributed by atoms with E-state index in [0.717, 1.165) is 50.0 Å². The molecule has 1 aromatic rings. The predicted molar refractivity (Wildman–Crippen MR) is 90.1 cm³/mol. The van der Waals surface area contributed by atoms with Crippen LogP contribution in [0.3, 0.4) is 0 Å². The molecule has 0 bridgehead atoms. The van der Waals surface area contributed by atoms with Crippen molar-refractivity contribution in [1.82, 2.24) is 10.3 Å². The summed E-state index contributed by atoms with van der Waals surface area (Å²) in [5.41, 5.74) is 1.16. The van der Waals surface area contributed by atoms with Crippen molar-refractivity contribution in [2.75, 3.05) is 31.1 Å². The van der Waals surface area contributed by atoms with Crippen LogP contribution < -0.4 is 10.2 Å². The fourth-order valence-corrected chi connectivity index (χ4v) is 3.41. The molecule has 0 aromatic carbocycles. The van der Waals surface area contributed by atoms with E-state index < -0.39 is 0 Å². The van der Waals surface area contributed by atoms with Crippen LogP contribution in [0.4, 0.5) is 5.13 Å². The Bertz CT molecular complexity index is 408. The molecule has 120 valence electrons. The molecule has 2 heterocycles. The third-order valence-corrected chi connectivity index (χ3v) is 4.55. The number of nitrogens with zero attached hydrogens (tertiary/aromatic N) is 2. The Morgan fingerprint density at radius 1 is 1.52 bits per heavy atom. The topological polar surface area (TPSA) is 37.4 Å². The van der Waals surface area contributed by atoms with Gasteiger partial charge in [0.05, 0.1) is 11.8 Å². The van der Waals surface area contributed by atoms with E-state index in [0.29, 0.717) is 12.0 Å². The van der Waals surface area contributed by atoms with Crippen LogP contribution in [0.1, 0.15) is 45.7 Å². The van der Waals surface area contributed by atoms with Gasteiger partial charge in [0.1, 0.15) is 0 Å². The molecule has 0 amide bonds. The number of anilines is 1. The van der Waals surface area contributed by atoms with E-state index in [9.17, 15) is 0 Å². The molecule has 1 N–H and O–H groups in total. The summed E-state index contributed by atoms with van der Waals surface area (Å²) in [5, 5.41) is 6.79. The molecular weight excluding hydrogens is 282 g/mol. The van der Waals surface area contributed by atoms with Gasteiger partial charge in [-0.05, 0) is 31.7 Å². The average molecular weight is 311 g/mol. The van der Waals surface area contributed by atoms with Gasteiger partial charge >= 0.3 is 0 Å². The number of nitrogens with one attached hydrogen (secondary N) is 1. The standard InChI is InChI=1S/C16H29N3OS/c1-4-8-20-15-6-5-7-19(11-15)16-18-14(12-21-16)10-17-9-13(2)3/h12-13,15,17H,4-11H2,1-3H3. The summed E-state index contributed by atoms with van der Waals surface area (Å²) in [4.78, 5) is 7.16. The Labute approximate surface area is 132 Å². The van der Waals surface area contributed by atoms with Crippen LogP contribution in [0.5, 0.6) is 0 Å². The molecule has 1 atom stereocenters. The van der Waals surface area contributed by atoms with Crippen molar-refractivity contribution in [1.29, 1.82) is 0 Å². The van der Waals surface area contributed by atoms with E-state index in [1.807, 2.05) is 0 Å². The first-order valence-electron chi connectivity index (χ1n) is 8.20. The van der Waals surface area contributed by atoms with Crippen LogP contribution in [0.2, 0.25) is 0 Å². The van der Waals surface area contributed by atoms with E-state index in [1.54, 1.807) is 11.3 Å². The zero-order valence-electron chi connectivity index (χ0n) is 13.6. The van der Waals surface area contributed by atoms with E-state index in [-0.39, 0.29) is 0 Å². The van der Waals surface area contributed by atoms with Gasteiger partial charge in [-0.2, -0.15) is 0 Å². The van der Waals surface area contributed by atoms with Gasteiger partial charge in [-0.15, -0.1) is 11.3 Å². The van der Waals surface area contributed by atoms with Crippen LogP contribution in [0.25, 0.3) is 0 Å². The summed E-state index contributed by atoms with van der Waals surface area (Å²) >= 11 is 1.76. The normalized spacial score (nSPS) is 19.4. The monoisotopic (exact) mass is 311 g/mol. The zero-order valence-corrected chi connectivity index (χ0v) is 14.4. The third kappa shape index (κ3) is 5.57. The quantitative estimate of drug-likeness (QED) is 0.799. The highest BCUT2D eigenvalue weighted by molar-refractivity contribution is 7.13. The molecule has 4 nitrogen and oxygen atoms in total. The molecule has 0 saturated carbocycles. The molecule has 21 heavy (non-hydrogen) atoms. The predicted octanol–water partition coefficient (Wildman–Crippen LogP) is 3.28. The van der Waals surface area contributed by atoms with Gasteiger partial charge in [0.15, 0.2) is 5.13 Å². The second-order valence-corrected chi connectivity index (χ2v) is 7.06. The van der Waals surface area contributed by atoms with E-state index in [1.165, 1.54) is 12.8 Å². The van der Waals surface area contributed by atoms with Crippen LogP contribution in [0, 0.1) is 5.92 Å². The summed E-state index contributed by atoms with van der Waals surface area (Å²) in [6, 6.07) is 0. The van der Waals surface area contributed by atoms with Crippen molar-refractivity contribution in [2.24, 2.45) is 5.92 Å². The second kappa shape index (κ2) is 8.71. The molecule has 5 heteroatoms. The Kier molecular flexibility index (Phi) is 6.93. The van der Waals surface area contributed by atoms with Crippen LogP contribution in [-0.2, 0) is 11.3 Å². The molecule has 1 fully saturated rings. The smallest absolute Gasteiger partial charge is 0.185 e. The van der Waals surface area contributed by atoms with Crippen LogP contribution >= 0.6 is 11.3 Å². The summed E-state index contributed by atoms with van der Waals surface area (Å²) in [7, 11) is 0. The van der Waals surface area contributed by atoms with Gasteiger partial charge in [0, 0.05) is 31.6 Å². The van der Waals surface area contributed by atoms with Crippen molar-refractivity contribution >= 4 is 16.5 Å². The fourth-order valence-electron chi connectivity index (χ4n) is 2.54. The van der Waals surface area contributed by atoms with Gasteiger partial charge in [-0.3, -0.25) is 0 Å². The largest absolute Gasteiger partial charge is 0.376 e. The van der Waals surface area contributed by atoms with Gasteiger partial charge in [-0.1, -0.05) is 20.8 Å². The Balaban J connectivity index is 1.82. The van der Waals surface area contributed by atoms with Crippen molar-refractivity contribution < 1.29 is 4.74 Å². The first kappa shape index (κ1) is 16.7. The van der Waals surface area contributed by atoms with E-state index >= 15 is 0 Å². The lowest BCUT2D eigenvalue weighted by molar-refractivity contribution is 0.0440. The Hall–Kier alpha value is -0.650. The second-order valence-electron chi connectivity index (χ2n) is 6.23. The third-order valence-electron chi connectivity index (χ3n) is 3.60. The average Bonchev–Trinajstić information content (AvgIpc) is 2.94. The minimum Gasteiger partial charge on any atom is -0.376 e. The molecule has 1 unspecified atom stereocenters. The van der Waals surface area contributed by atoms with Gasteiger partial charge in [0.2, 0.25) is 0 Å². The lowest BCUT2D eigenvalue weighted by Gasteiger charge is -2.32. The van der Waals surface area contributed by atoms with Crippen molar-refractivity contribution in [3.63, 3.8) is 0 Å². The number of hydrogen-bond acceptors (Lipinski definition) is 5. The number of thiazole rings is 1. The van der Waals surface area contributed by atoms with Gasteiger partial charge < -0.3 is 15.0 Å². The van der Waals surface area contributed by atoms with Crippen molar-refractivity contribution in [3.05, 3.63) is 11.1 Å². The summed E-state index contributed by atoms with van der Waals surface area (Å²) < 4.78 is 5.90. The van der Waals surface area contributed by atoms with Crippen LogP contribution in [-0.4, -0.2) is 37.3 Å². The molecule has 0 aliphatic carbocycles. The Morgan fingerprint density at radius 3 is 3.14 bits per heavy atom. The number of hydrogen-bond donors (Lipinski definition) is 1. The first-order valence-corrected chi connectivity index (χ1v) is 9.08. The maximum atomic E-state index is 5.90. The Morgan fingerprint density at radius 2 is 2.38 bits per heavy atom. The fraction of sp³-hybridized carbons (Fsp3) is 0.812. The SMILES string of the molecule is CCCOC1CCCN(c2nc(CNCC(C)C)cs2)C1. The number of aromatic nitrogens is 1. The van der Waals surface area contributed by atoms with Gasteiger partial charge in [0.25, 0.3) is 0 Å². The van der Waals surface area contributed by atoms with E-state index in [2.05, 4.69) is 36.4 Å². The highest BCUT2D eigenvalue weighted by atomic mass is 32.1. The molecule has 2 rings (SSSR count). The summed E-state index contributed by atoms with van der Waals surface area (Å²) in [5.74, 6) is 0.682. The lowest BCUT2D eigenvalue weighted by Crippen LogP contribution is -2.39.